The van der Waals surface area contributed by atoms with E-state index in [1.807, 2.05) is 97.1 Å². The van der Waals surface area contributed by atoms with Gasteiger partial charge in [-0.2, -0.15) is 0 Å². The van der Waals surface area contributed by atoms with E-state index in [0.29, 0.717) is 29.4 Å². The van der Waals surface area contributed by atoms with Gasteiger partial charge in [-0.1, -0.05) is 172 Å². The van der Waals surface area contributed by atoms with Crippen LogP contribution in [0.3, 0.4) is 0 Å². The summed E-state index contributed by atoms with van der Waals surface area (Å²) < 4.78 is 27.2. The van der Waals surface area contributed by atoms with Gasteiger partial charge in [0.05, 0.1) is 19.8 Å². The van der Waals surface area contributed by atoms with Gasteiger partial charge in [-0.15, -0.1) is 5.10 Å². The standard InChI is InChI=1S/C48H48N6O7SSi/c1-47(2,3)63(38-26-16-8-17-27-38,39-28-18-9-19-29-39)60-31-30-53-46(50-51-52-53)62-33-37-32-59-45-48(58-4,49-42(55)36-24-14-7-15-25-36)44(57)54(45)40(37)43(56)61-41(34-20-10-5-11-21-34)35-22-12-6-13-23-35/h5-29,41,45H,30-33H2,1-4H3,(H,49,55). The number of nitrogens with zero attached hydrogens (tertiary/aromatic N) is 5. The minimum atomic E-state index is -2.83. The number of esters is 1. The summed E-state index contributed by atoms with van der Waals surface area (Å²) in [4.78, 5) is 43.7. The van der Waals surface area contributed by atoms with Crippen molar-refractivity contribution in [3.05, 3.63) is 180 Å². The number of tetrazole rings is 1. The molecule has 2 amide bonds. The molecule has 63 heavy (non-hydrogen) atoms. The van der Waals surface area contributed by atoms with E-state index in [0.717, 1.165) is 21.5 Å². The fourth-order valence-electron chi connectivity index (χ4n) is 8.26. The number of hydrogen-bond acceptors (Lipinski definition) is 11. The Morgan fingerprint density at radius 1 is 0.841 bits per heavy atom. The van der Waals surface area contributed by atoms with E-state index in [9.17, 15) is 14.4 Å². The zero-order valence-corrected chi connectivity index (χ0v) is 37.2. The summed E-state index contributed by atoms with van der Waals surface area (Å²) in [7, 11) is -1.51. The van der Waals surface area contributed by atoms with Crippen molar-refractivity contribution in [2.24, 2.45) is 0 Å². The third-order valence-electron chi connectivity index (χ3n) is 11.3. The molecule has 6 aromatic rings. The second kappa shape index (κ2) is 18.6. The van der Waals surface area contributed by atoms with Gasteiger partial charge in [0.2, 0.25) is 5.16 Å². The van der Waals surface area contributed by atoms with Crippen molar-refractivity contribution in [1.29, 1.82) is 0 Å². The fraction of sp³-hybridized carbons (Fsp3) is 0.250. The molecule has 0 spiro atoms. The smallest absolute Gasteiger partial charge is 0.356 e. The molecule has 0 saturated carbocycles. The molecule has 0 radical (unpaired) electrons. The van der Waals surface area contributed by atoms with Gasteiger partial charge < -0.3 is 24.0 Å². The number of ether oxygens (including phenoxy) is 3. The van der Waals surface area contributed by atoms with E-state index in [-0.39, 0.29) is 23.1 Å². The van der Waals surface area contributed by atoms with Crippen molar-refractivity contribution < 1.29 is 33.0 Å². The van der Waals surface area contributed by atoms with Crippen molar-refractivity contribution in [2.45, 2.75) is 55.6 Å². The van der Waals surface area contributed by atoms with E-state index in [4.69, 9.17) is 18.6 Å². The average Bonchev–Trinajstić information content (AvgIpc) is 3.78. The zero-order chi connectivity index (χ0) is 44.0. The lowest BCUT2D eigenvalue weighted by atomic mass is 9.94. The summed E-state index contributed by atoms with van der Waals surface area (Å²) in [5.41, 5.74) is 0.375. The molecular formula is C48H48N6O7SSi. The zero-order valence-electron chi connectivity index (χ0n) is 35.4. The monoisotopic (exact) mass is 880 g/mol. The first kappa shape index (κ1) is 43.4. The van der Waals surface area contributed by atoms with Gasteiger partial charge in [0.15, 0.2) is 12.3 Å². The van der Waals surface area contributed by atoms with Crippen molar-refractivity contribution >= 4 is 48.2 Å². The number of β-lactam (4-membered cyclic amide) rings is 1. The van der Waals surface area contributed by atoms with Gasteiger partial charge in [0, 0.05) is 18.4 Å². The first-order chi connectivity index (χ1) is 30.6. The molecule has 0 bridgehead atoms. The van der Waals surface area contributed by atoms with Gasteiger partial charge >= 0.3 is 5.97 Å². The van der Waals surface area contributed by atoms with Gasteiger partial charge in [0.1, 0.15) is 5.70 Å². The topological polar surface area (TPSA) is 147 Å². The Morgan fingerprint density at radius 3 is 1.92 bits per heavy atom. The van der Waals surface area contributed by atoms with Crippen LogP contribution in [0.25, 0.3) is 0 Å². The Labute approximate surface area is 371 Å². The molecule has 2 atom stereocenters. The Morgan fingerprint density at radius 2 is 1.38 bits per heavy atom. The van der Waals surface area contributed by atoms with Crippen LogP contribution in [0.1, 0.15) is 48.4 Å². The minimum Gasteiger partial charge on any atom is -0.448 e. The van der Waals surface area contributed by atoms with Crippen LogP contribution in [-0.4, -0.2) is 89.2 Å². The molecule has 2 aliphatic rings. The number of rotatable bonds is 16. The Balaban J connectivity index is 1.07. The maximum atomic E-state index is 14.7. The molecule has 1 aromatic heterocycles. The maximum absolute atomic E-state index is 14.7. The third-order valence-corrected chi connectivity index (χ3v) is 17.4. The number of benzene rings is 5. The molecule has 2 unspecified atom stereocenters. The lowest BCUT2D eigenvalue weighted by Crippen LogP contribution is -2.82. The highest BCUT2D eigenvalue weighted by atomic mass is 32.2. The summed E-state index contributed by atoms with van der Waals surface area (Å²) in [6.07, 6.45) is -1.97. The van der Waals surface area contributed by atoms with Crippen molar-refractivity contribution in [3.63, 3.8) is 0 Å². The van der Waals surface area contributed by atoms with Crippen LogP contribution in [-0.2, 0) is 34.8 Å². The van der Waals surface area contributed by atoms with E-state index in [2.05, 4.69) is 65.9 Å². The highest BCUT2D eigenvalue weighted by Gasteiger charge is 2.68. The summed E-state index contributed by atoms with van der Waals surface area (Å²) in [5.74, 6) is -1.81. The normalized spacial score (nSPS) is 17.6. The molecule has 13 nitrogen and oxygen atoms in total. The predicted octanol–water partition coefficient (Wildman–Crippen LogP) is 5.90. The Kier molecular flexibility index (Phi) is 12.8. The summed E-state index contributed by atoms with van der Waals surface area (Å²) in [6.45, 7) is 7.27. The lowest BCUT2D eigenvalue weighted by Gasteiger charge is -2.55. The van der Waals surface area contributed by atoms with Gasteiger partial charge in [-0.05, 0) is 54.7 Å². The highest BCUT2D eigenvalue weighted by molar-refractivity contribution is 7.99. The van der Waals surface area contributed by atoms with Crippen LogP contribution in [0.5, 0.6) is 0 Å². The van der Waals surface area contributed by atoms with Crippen LogP contribution in [0.15, 0.2) is 168 Å². The van der Waals surface area contributed by atoms with Crippen LogP contribution < -0.4 is 15.7 Å². The Hall–Kier alpha value is -6.23. The quantitative estimate of drug-likeness (QED) is 0.0408. The number of fused-ring (bicyclic) bond motifs is 1. The van der Waals surface area contributed by atoms with Crippen LogP contribution >= 0.6 is 11.8 Å². The van der Waals surface area contributed by atoms with Crippen LogP contribution in [0, 0.1) is 0 Å². The minimum absolute atomic E-state index is 0.00344. The van der Waals surface area contributed by atoms with Crippen molar-refractivity contribution in [2.75, 3.05) is 26.1 Å². The predicted molar refractivity (Wildman–Crippen MR) is 240 cm³/mol. The molecule has 322 valence electrons. The van der Waals surface area contributed by atoms with Gasteiger partial charge in [-0.25, -0.2) is 9.48 Å². The second-order valence-electron chi connectivity index (χ2n) is 16.1. The number of carbonyl (C=O) groups excluding carboxylic acids is 3. The van der Waals surface area contributed by atoms with E-state index in [1.165, 1.54) is 23.8 Å². The molecule has 3 heterocycles. The van der Waals surface area contributed by atoms with Gasteiger partial charge in [-0.3, -0.25) is 14.5 Å². The number of thioether (sulfide) groups is 1. The summed E-state index contributed by atoms with van der Waals surface area (Å²) >= 11 is 1.29. The van der Waals surface area contributed by atoms with Crippen LogP contribution in [0.4, 0.5) is 0 Å². The van der Waals surface area contributed by atoms with Crippen molar-refractivity contribution in [1.82, 2.24) is 30.4 Å². The van der Waals surface area contributed by atoms with Gasteiger partial charge in [0.25, 0.3) is 25.9 Å². The summed E-state index contributed by atoms with van der Waals surface area (Å²) in [5, 5.41) is 18.0. The number of amides is 2. The van der Waals surface area contributed by atoms with Crippen molar-refractivity contribution in [3.8, 4) is 0 Å². The SMILES string of the molecule is COC1(NC(=O)c2ccccc2)C(=O)N2C(C(=O)OC(c3ccccc3)c3ccccc3)=C(CSc3nnnn3CCO[Si](c3ccccc3)(c3ccccc3)C(C)(C)C)COC21. The molecule has 0 aliphatic carbocycles. The van der Waals surface area contributed by atoms with Crippen LogP contribution in [0.2, 0.25) is 5.04 Å². The maximum Gasteiger partial charge on any atom is 0.356 e. The molecular weight excluding hydrogens is 833 g/mol. The molecule has 8 rings (SSSR count). The fourth-order valence-corrected chi connectivity index (χ4v) is 13.7. The lowest BCUT2D eigenvalue weighted by molar-refractivity contribution is -0.256. The summed E-state index contributed by atoms with van der Waals surface area (Å²) in [6, 6.07) is 48.1. The molecule has 1 saturated heterocycles. The third kappa shape index (κ3) is 8.49. The molecule has 2 aliphatic heterocycles. The number of hydrogen-bond donors (Lipinski definition) is 1. The largest absolute Gasteiger partial charge is 0.448 e. The first-order valence-electron chi connectivity index (χ1n) is 20.6. The average molecular weight is 881 g/mol. The second-order valence-corrected chi connectivity index (χ2v) is 21.4. The number of methoxy groups -OCH3 is 1. The first-order valence-corrected chi connectivity index (χ1v) is 23.5. The molecule has 1 N–H and O–H groups in total. The van der Waals surface area contributed by atoms with E-state index >= 15 is 0 Å². The molecule has 15 heteroatoms. The number of aromatic nitrogens is 4. The number of nitrogens with one attached hydrogen (secondary N) is 1. The van der Waals surface area contributed by atoms with E-state index < -0.39 is 44.2 Å². The molecule has 1 fully saturated rings. The highest BCUT2D eigenvalue weighted by Crippen LogP contribution is 2.43. The van der Waals surface area contributed by atoms with E-state index in [1.54, 1.807) is 35.0 Å². The number of carbonyl (C=O) groups is 3. The molecule has 5 aromatic carbocycles. The Bertz CT molecular complexity index is 2480.